The second-order valence-corrected chi connectivity index (χ2v) is 5.54. The van der Waals surface area contributed by atoms with E-state index >= 15 is 0 Å². The Bertz CT molecular complexity index is 458. The molecule has 6 nitrogen and oxygen atoms in total. The number of nitrogens with zero attached hydrogens (tertiary/aromatic N) is 2. The zero-order valence-electron chi connectivity index (χ0n) is 10.9. The first kappa shape index (κ1) is 14.6. The first-order valence-electron chi connectivity index (χ1n) is 5.59. The van der Waals surface area contributed by atoms with E-state index in [0.29, 0.717) is 10.6 Å². The van der Waals surface area contributed by atoms with Gasteiger partial charge in [0.1, 0.15) is 4.88 Å². The normalized spacial score (nSPS) is 14.3. The highest BCUT2D eigenvalue weighted by molar-refractivity contribution is 7.08. The Morgan fingerprint density at radius 1 is 1.50 bits per heavy atom. The van der Waals surface area contributed by atoms with Crippen molar-refractivity contribution in [1.82, 2.24) is 14.9 Å². The van der Waals surface area contributed by atoms with Gasteiger partial charge in [0.15, 0.2) is 0 Å². The van der Waals surface area contributed by atoms with E-state index in [1.165, 1.54) is 0 Å². The number of carboxylic acids is 1. The molecular formula is C11H17N3O3S. The second kappa shape index (κ2) is 5.43. The summed E-state index contributed by atoms with van der Waals surface area (Å²) in [5.41, 5.74) is -0.238. The van der Waals surface area contributed by atoms with Crippen LogP contribution in [0.5, 0.6) is 0 Å². The van der Waals surface area contributed by atoms with Crippen molar-refractivity contribution in [2.24, 2.45) is 5.92 Å². The van der Waals surface area contributed by atoms with Gasteiger partial charge in [-0.1, -0.05) is 18.3 Å². The number of carbonyl (C=O) groups is 2. The number of nitrogens with one attached hydrogen (secondary N) is 1. The Balaban J connectivity index is 2.88. The molecule has 0 aliphatic heterocycles. The fourth-order valence-electron chi connectivity index (χ4n) is 1.46. The number of carbonyl (C=O) groups excluding carboxylic acids is 1. The molecule has 100 valence electrons. The van der Waals surface area contributed by atoms with Gasteiger partial charge in [-0.25, -0.2) is 0 Å². The summed E-state index contributed by atoms with van der Waals surface area (Å²) in [6, 6.07) is 0. The minimum Gasteiger partial charge on any atom is -0.481 e. The smallest absolute Gasteiger partial charge is 0.305 e. The fourth-order valence-corrected chi connectivity index (χ4v) is 2.01. The molecule has 0 aliphatic carbocycles. The number of amides is 1. The van der Waals surface area contributed by atoms with E-state index in [2.05, 4.69) is 14.9 Å². The maximum atomic E-state index is 12.1. The summed E-state index contributed by atoms with van der Waals surface area (Å²) >= 11 is 1.01. The average molecular weight is 271 g/mol. The number of aryl methyl sites for hydroxylation is 1. The predicted octanol–water partition coefficient (Wildman–Crippen LogP) is 1.47. The maximum absolute atomic E-state index is 12.1. The fraction of sp³-hybridized carbons (Fsp3) is 0.636. The highest BCUT2D eigenvalue weighted by Gasteiger charge is 2.33. The first-order valence-corrected chi connectivity index (χ1v) is 6.37. The minimum atomic E-state index is -0.939. The summed E-state index contributed by atoms with van der Waals surface area (Å²) in [5, 5.41) is 15.5. The molecule has 1 rings (SSSR count). The van der Waals surface area contributed by atoms with Crippen LogP contribution in [-0.2, 0) is 4.79 Å². The first-order chi connectivity index (χ1) is 8.26. The molecule has 1 heterocycles. The Hall–Kier alpha value is -1.50. The molecule has 0 fully saturated rings. The van der Waals surface area contributed by atoms with Crippen LogP contribution in [0.4, 0.5) is 0 Å². The molecule has 0 saturated carbocycles. The molecule has 1 aromatic rings. The van der Waals surface area contributed by atoms with Crippen molar-refractivity contribution >= 4 is 23.4 Å². The lowest BCUT2D eigenvalue weighted by atomic mass is 9.85. The van der Waals surface area contributed by atoms with E-state index in [0.717, 1.165) is 11.5 Å². The van der Waals surface area contributed by atoms with Crippen LogP contribution in [-0.4, -0.2) is 32.1 Å². The molecule has 2 N–H and O–H groups in total. The van der Waals surface area contributed by atoms with E-state index in [4.69, 9.17) is 5.11 Å². The maximum Gasteiger partial charge on any atom is 0.305 e. The lowest BCUT2D eigenvalue weighted by molar-refractivity contribution is -0.138. The van der Waals surface area contributed by atoms with E-state index in [1.807, 2.05) is 13.8 Å². The van der Waals surface area contributed by atoms with E-state index < -0.39 is 11.5 Å². The van der Waals surface area contributed by atoms with Crippen LogP contribution in [0.3, 0.4) is 0 Å². The van der Waals surface area contributed by atoms with Crippen molar-refractivity contribution in [3.05, 3.63) is 10.6 Å². The van der Waals surface area contributed by atoms with Crippen LogP contribution in [0.1, 0.15) is 42.6 Å². The van der Waals surface area contributed by atoms with Crippen molar-refractivity contribution in [2.75, 3.05) is 0 Å². The van der Waals surface area contributed by atoms with Gasteiger partial charge in [0.2, 0.25) is 0 Å². The Morgan fingerprint density at radius 2 is 2.11 bits per heavy atom. The van der Waals surface area contributed by atoms with Crippen LogP contribution in [0, 0.1) is 12.8 Å². The van der Waals surface area contributed by atoms with Crippen molar-refractivity contribution < 1.29 is 14.7 Å². The van der Waals surface area contributed by atoms with Crippen LogP contribution in [0.15, 0.2) is 0 Å². The van der Waals surface area contributed by atoms with Crippen molar-refractivity contribution in [3.63, 3.8) is 0 Å². The molecule has 0 bridgehead atoms. The number of hydrogen-bond acceptors (Lipinski definition) is 5. The van der Waals surface area contributed by atoms with Crippen LogP contribution in [0.2, 0.25) is 0 Å². The standard InChI is InChI=1S/C11H17N3O3S/c1-6(2)11(4,5-8(15)16)12-10(17)9-7(3)13-14-18-9/h6H,5H2,1-4H3,(H,12,17)(H,15,16). The largest absolute Gasteiger partial charge is 0.481 e. The molecule has 0 aromatic carbocycles. The van der Waals surface area contributed by atoms with Crippen LogP contribution in [0.25, 0.3) is 0 Å². The van der Waals surface area contributed by atoms with E-state index in [1.54, 1.807) is 13.8 Å². The highest BCUT2D eigenvalue weighted by atomic mass is 32.1. The summed E-state index contributed by atoms with van der Waals surface area (Å²) in [6.45, 7) is 7.18. The molecule has 7 heteroatoms. The van der Waals surface area contributed by atoms with Crippen LogP contribution >= 0.6 is 11.5 Å². The van der Waals surface area contributed by atoms with Gasteiger partial charge >= 0.3 is 5.97 Å². The highest BCUT2D eigenvalue weighted by Crippen LogP contribution is 2.22. The summed E-state index contributed by atoms with van der Waals surface area (Å²) in [4.78, 5) is 23.4. The molecule has 0 saturated heterocycles. The number of carboxylic acid groups (broad SMARTS) is 1. The third-order valence-electron chi connectivity index (χ3n) is 3.05. The molecule has 1 atom stereocenters. The Kier molecular flexibility index (Phi) is 4.39. The number of aromatic nitrogens is 2. The molecule has 1 amide bonds. The second-order valence-electron chi connectivity index (χ2n) is 4.78. The lowest BCUT2D eigenvalue weighted by Gasteiger charge is -2.33. The average Bonchev–Trinajstić information content (AvgIpc) is 2.62. The molecule has 1 aromatic heterocycles. The molecular weight excluding hydrogens is 254 g/mol. The zero-order valence-corrected chi connectivity index (χ0v) is 11.7. The van der Waals surface area contributed by atoms with Crippen molar-refractivity contribution in [3.8, 4) is 0 Å². The van der Waals surface area contributed by atoms with Gasteiger partial charge in [-0.05, 0) is 31.3 Å². The molecule has 18 heavy (non-hydrogen) atoms. The van der Waals surface area contributed by atoms with Crippen molar-refractivity contribution in [1.29, 1.82) is 0 Å². The van der Waals surface area contributed by atoms with Gasteiger partial charge in [0.25, 0.3) is 5.91 Å². The zero-order chi connectivity index (χ0) is 13.9. The topological polar surface area (TPSA) is 92.2 Å². The summed E-state index contributed by atoms with van der Waals surface area (Å²) in [6.07, 6.45) is -0.123. The summed E-state index contributed by atoms with van der Waals surface area (Å²) in [5.74, 6) is -1.26. The van der Waals surface area contributed by atoms with Gasteiger partial charge in [0.05, 0.1) is 17.7 Å². The van der Waals surface area contributed by atoms with E-state index in [9.17, 15) is 9.59 Å². The number of aliphatic carboxylic acids is 1. The van der Waals surface area contributed by atoms with Gasteiger partial charge in [-0.2, -0.15) is 0 Å². The molecule has 1 unspecified atom stereocenters. The van der Waals surface area contributed by atoms with Gasteiger partial charge < -0.3 is 10.4 Å². The van der Waals surface area contributed by atoms with Crippen molar-refractivity contribution in [2.45, 2.75) is 39.7 Å². The molecule has 0 spiro atoms. The Morgan fingerprint density at radius 3 is 2.50 bits per heavy atom. The minimum absolute atomic E-state index is 0.00117. The number of hydrogen-bond donors (Lipinski definition) is 2. The van der Waals surface area contributed by atoms with Gasteiger partial charge in [-0.3, -0.25) is 9.59 Å². The SMILES string of the molecule is Cc1nnsc1C(=O)NC(C)(CC(=O)O)C(C)C. The van der Waals surface area contributed by atoms with Gasteiger partial charge in [0, 0.05) is 0 Å². The molecule has 0 aliphatic rings. The summed E-state index contributed by atoms with van der Waals surface area (Å²) in [7, 11) is 0. The predicted molar refractivity (Wildman–Crippen MR) is 67.6 cm³/mol. The van der Waals surface area contributed by atoms with Crippen LogP contribution < -0.4 is 5.32 Å². The lowest BCUT2D eigenvalue weighted by Crippen LogP contribution is -2.51. The molecule has 0 radical (unpaired) electrons. The Labute approximate surface area is 110 Å². The van der Waals surface area contributed by atoms with Gasteiger partial charge in [-0.15, -0.1) is 5.10 Å². The van der Waals surface area contributed by atoms with E-state index in [-0.39, 0.29) is 18.2 Å². The monoisotopic (exact) mass is 271 g/mol. The number of rotatable bonds is 5. The third-order valence-corrected chi connectivity index (χ3v) is 3.88. The third kappa shape index (κ3) is 3.25. The quantitative estimate of drug-likeness (QED) is 0.846. The summed E-state index contributed by atoms with van der Waals surface area (Å²) < 4.78 is 3.69.